The Labute approximate surface area is 128 Å². The molecule has 0 aliphatic carbocycles. The third-order valence-electron chi connectivity index (χ3n) is 3.83. The molecule has 2 aromatic heterocycles. The predicted octanol–water partition coefficient (Wildman–Crippen LogP) is -1.91. The number of imidazole rings is 1. The number of aliphatic hydroxyl groups excluding tert-OH is 2. The fourth-order valence-electron chi connectivity index (χ4n) is 2.73. The Bertz CT molecular complexity index is 773. The van der Waals surface area contributed by atoms with E-state index in [-0.39, 0.29) is 30.3 Å². The SMILES string of the molecule is [N-]=NNCC1C(CO)OC(n2cnc3c(=O)[nH]c(N)nc32)C1O. The molecule has 23 heavy (non-hydrogen) atoms. The molecule has 1 saturated heterocycles. The Morgan fingerprint density at radius 3 is 3.09 bits per heavy atom. The zero-order chi connectivity index (χ0) is 16.6. The monoisotopic (exact) mass is 323 g/mol. The normalized spacial score (nSPS) is 27.4. The number of nitrogens with two attached hydrogens (primary N) is 1. The molecule has 0 radical (unpaired) electrons. The van der Waals surface area contributed by atoms with Gasteiger partial charge in [-0.3, -0.25) is 19.6 Å². The van der Waals surface area contributed by atoms with Crippen LogP contribution in [0.1, 0.15) is 6.23 Å². The van der Waals surface area contributed by atoms with E-state index < -0.39 is 29.9 Å². The first kappa shape index (κ1) is 15.3. The van der Waals surface area contributed by atoms with Crippen LogP contribution in [0.4, 0.5) is 5.95 Å². The van der Waals surface area contributed by atoms with Gasteiger partial charge in [0.2, 0.25) is 5.95 Å². The van der Waals surface area contributed by atoms with E-state index in [0.717, 1.165) is 0 Å². The number of nitrogens with one attached hydrogen (secondary N) is 2. The highest BCUT2D eigenvalue weighted by Crippen LogP contribution is 2.34. The lowest BCUT2D eigenvalue weighted by Gasteiger charge is -2.21. The van der Waals surface area contributed by atoms with Crippen molar-refractivity contribution in [2.45, 2.75) is 18.4 Å². The molecule has 2 aromatic rings. The maximum Gasteiger partial charge on any atom is 0.280 e. The van der Waals surface area contributed by atoms with Crippen LogP contribution in [0.5, 0.6) is 0 Å². The van der Waals surface area contributed by atoms with E-state index in [1.165, 1.54) is 10.9 Å². The Morgan fingerprint density at radius 1 is 1.61 bits per heavy atom. The fourth-order valence-corrected chi connectivity index (χ4v) is 2.73. The molecule has 0 aromatic carbocycles. The highest BCUT2D eigenvalue weighted by atomic mass is 16.5. The summed E-state index contributed by atoms with van der Waals surface area (Å²) in [5, 5.41) is 22.6. The smallest absolute Gasteiger partial charge is 0.280 e. The number of aliphatic hydroxyl groups is 2. The molecule has 0 bridgehead atoms. The van der Waals surface area contributed by atoms with Gasteiger partial charge in [0, 0.05) is 5.92 Å². The van der Waals surface area contributed by atoms with Crippen molar-refractivity contribution >= 4 is 17.1 Å². The number of aromatic amines is 1. The van der Waals surface area contributed by atoms with Crippen molar-refractivity contribution < 1.29 is 14.9 Å². The summed E-state index contributed by atoms with van der Waals surface area (Å²) >= 11 is 0. The number of hydrogen-bond acceptors (Lipinski definition) is 8. The first-order valence-corrected chi connectivity index (χ1v) is 6.80. The van der Waals surface area contributed by atoms with Crippen LogP contribution in [0.25, 0.3) is 16.7 Å². The van der Waals surface area contributed by atoms with Crippen molar-refractivity contribution in [1.82, 2.24) is 24.9 Å². The third kappa shape index (κ3) is 2.52. The molecule has 1 aliphatic heterocycles. The van der Waals surface area contributed by atoms with Crippen LogP contribution < -0.4 is 16.7 Å². The number of ether oxygens (including phenoxy) is 1. The van der Waals surface area contributed by atoms with Crippen LogP contribution in [-0.2, 0) is 4.74 Å². The van der Waals surface area contributed by atoms with E-state index in [9.17, 15) is 15.0 Å². The van der Waals surface area contributed by atoms with Crippen LogP contribution in [0, 0.1) is 5.92 Å². The second kappa shape index (κ2) is 5.91. The van der Waals surface area contributed by atoms with Crippen molar-refractivity contribution in [1.29, 1.82) is 0 Å². The number of nitrogens with zero attached hydrogens (tertiary/aromatic N) is 5. The van der Waals surface area contributed by atoms with E-state index in [2.05, 4.69) is 25.6 Å². The molecule has 4 unspecified atom stereocenters. The Hall–Kier alpha value is -2.57. The van der Waals surface area contributed by atoms with Crippen molar-refractivity contribution in [2.24, 2.45) is 11.1 Å². The molecule has 3 heterocycles. The molecule has 12 nitrogen and oxygen atoms in total. The summed E-state index contributed by atoms with van der Waals surface area (Å²) in [6.07, 6.45) is -1.36. The molecule has 0 saturated carbocycles. The van der Waals surface area contributed by atoms with Crippen LogP contribution >= 0.6 is 0 Å². The fraction of sp³-hybridized carbons (Fsp3) is 0.545. The first-order chi connectivity index (χ1) is 11.1. The lowest BCUT2D eigenvalue weighted by molar-refractivity contribution is -0.0492. The van der Waals surface area contributed by atoms with Gasteiger partial charge in [0.25, 0.3) is 5.56 Å². The lowest BCUT2D eigenvalue weighted by atomic mass is 9.98. The molecule has 1 fully saturated rings. The average molecular weight is 323 g/mol. The summed E-state index contributed by atoms with van der Waals surface area (Å²) < 4.78 is 7.01. The second-order valence-electron chi connectivity index (χ2n) is 5.14. The standard InChI is InChI=1S/C11H15N8O4/c12-11-16-8-6(9(22)17-11)14-3-19(8)10-7(21)4(1-15-18-13)5(2-20)23-10/h3-5,7,10,20-21H,1-2H2,(H4-,12,13,15,16,17,22)/q-1. The van der Waals surface area contributed by atoms with Gasteiger partial charge < -0.3 is 31.6 Å². The summed E-state index contributed by atoms with van der Waals surface area (Å²) in [5.41, 5.74) is 16.0. The molecule has 124 valence electrons. The van der Waals surface area contributed by atoms with Gasteiger partial charge in [0.05, 0.1) is 19.0 Å². The number of fused-ring (bicyclic) bond motifs is 1. The molecular formula is C11H15N8O4-. The Kier molecular flexibility index (Phi) is 3.94. The van der Waals surface area contributed by atoms with Gasteiger partial charge in [0.1, 0.15) is 6.10 Å². The van der Waals surface area contributed by atoms with E-state index in [0.29, 0.717) is 0 Å². The van der Waals surface area contributed by atoms with Gasteiger partial charge in [-0.2, -0.15) is 4.98 Å². The highest BCUT2D eigenvalue weighted by molar-refractivity contribution is 5.70. The van der Waals surface area contributed by atoms with E-state index in [4.69, 9.17) is 16.0 Å². The largest absolute Gasteiger partial charge is 0.414 e. The average Bonchev–Trinajstić information content (AvgIpc) is 3.06. The molecule has 12 heteroatoms. The van der Waals surface area contributed by atoms with Crippen LogP contribution in [0.15, 0.2) is 16.3 Å². The number of rotatable bonds is 5. The minimum absolute atomic E-state index is 0.0579. The van der Waals surface area contributed by atoms with Crippen molar-refractivity contribution in [3.8, 4) is 0 Å². The third-order valence-corrected chi connectivity index (χ3v) is 3.83. The summed E-state index contributed by atoms with van der Waals surface area (Å²) in [5.74, 6) is -0.634. The van der Waals surface area contributed by atoms with E-state index in [1.807, 2.05) is 0 Å². The molecule has 6 N–H and O–H groups in total. The topological polar surface area (TPSA) is 186 Å². The molecule has 0 spiro atoms. The summed E-state index contributed by atoms with van der Waals surface area (Å²) in [6, 6.07) is 0. The number of anilines is 1. The van der Waals surface area contributed by atoms with Gasteiger partial charge in [-0.05, 0) is 6.54 Å². The second-order valence-corrected chi connectivity index (χ2v) is 5.14. The highest BCUT2D eigenvalue weighted by Gasteiger charge is 2.43. The van der Waals surface area contributed by atoms with Gasteiger partial charge in [0.15, 0.2) is 17.4 Å². The quantitative estimate of drug-likeness (QED) is 0.311. The minimum atomic E-state index is -1.05. The summed E-state index contributed by atoms with van der Waals surface area (Å²) in [7, 11) is 0. The number of hydrogen-bond donors (Lipinski definition) is 5. The van der Waals surface area contributed by atoms with Gasteiger partial charge in [-0.25, -0.2) is 4.98 Å². The van der Waals surface area contributed by atoms with E-state index >= 15 is 0 Å². The predicted molar refractivity (Wildman–Crippen MR) is 76.8 cm³/mol. The van der Waals surface area contributed by atoms with Gasteiger partial charge in [-0.15, -0.1) is 0 Å². The molecule has 4 atom stereocenters. The number of aromatic nitrogens is 4. The van der Waals surface area contributed by atoms with E-state index in [1.54, 1.807) is 0 Å². The maximum atomic E-state index is 11.8. The van der Waals surface area contributed by atoms with Crippen LogP contribution in [-0.4, -0.2) is 55.1 Å². The first-order valence-electron chi connectivity index (χ1n) is 6.80. The zero-order valence-corrected chi connectivity index (χ0v) is 11.8. The summed E-state index contributed by atoms with van der Waals surface area (Å²) in [6.45, 7) is -0.254. The van der Waals surface area contributed by atoms with Crippen molar-refractivity contribution in [3.05, 3.63) is 22.2 Å². The minimum Gasteiger partial charge on any atom is -0.414 e. The Morgan fingerprint density at radius 2 is 2.39 bits per heavy atom. The number of nitrogen functional groups attached to an aromatic ring is 1. The maximum absolute atomic E-state index is 11.8. The lowest BCUT2D eigenvalue weighted by Crippen LogP contribution is -2.35. The van der Waals surface area contributed by atoms with Crippen LogP contribution in [0.2, 0.25) is 0 Å². The summed E-state index contributed by atoms with van der Waals surface area (Å²) in [4.78, 5) is 22.1. The Balaban J connectivity index is 1.99. The van der Waals surface area contributed by atoms with Gasteiger partial charge >= 0.3 is 0 Å². The van der Waals surface area contributed by atoms with Crippen molar-refractivity contribution in [3.63, 3.8) is 0 Å². The molecule has 3 rings (SSSR count). The van der Waals surface area contributed by atoms with Crippen LogP contribution in [0.3, 0.4) is 0 Å². The molecule has 0 amide bonds. The van der Waals surface area contributed by atoms with Crippen molar-refractivity contribution in [2.75, 3.05) is 18.9 Å². The molecular weight excluding hydrogens is 308 g/mol. The van der Waals surface area contributed by atoms with Gasteiger partial charge in [-0.1, -0.05) is 0 Å². The molecule has 1 aliphatic rings. The zero-order valence-electron chi connectivity index (χ0n) is 11.8. The number of H-pyrrole nitrogens is 1.